The molecule has 3 aromatic rings. The molecule has 0 aliphatic heterocycles. The molecule has 0 atom stereocenters. The lowest BCUT2D eigenvalue weighted by Gasteiger charge is -2.02. The quantitative estimate of drug-likeness (QED) is 0.609. The van der Waals surface area contributed by atoms with Crippen molar-refractivity contribution in [1.82, 2.24) is 9.97 Å². The lowest BCUT2D eigenvalue weighted by atomic mass is 10.1. The van der Waals surface area contributed by atoms with Gasteiger partial charge >= 0.3 is 5.97 Å². The van der Waals surface area contributed by atoms with Gasteiger partial charge in [0.15, 0.2) is 4.34 Å². The fraction of sp³-hybridized carbons (Fsp3) is 0.312. The molecule has 0 unspecified atom stereocenters. The number of carbonyl (C=O) groups excluding carboxylic acids is 1. The molecule has 0 bridgehead atoms. The summed E-state index contributed by atoms with van der Waals surface area (Å²) in [6.45, 7) is 8.18. The van der Waals surface area contributed by atoms with Crippen LogP contribution in [0.25, 0.3) is 10.2 Å². The number of nitrogens with zero attached hydrogens (tertiary/aromatic N) is 2. The number of carbonyl (C=O) groups is 1. The number of aromatic nitrogens is 2. The Morgan fingerprint density at radius 3 is 2.74 bits per heavy atom. The third-order valence-electron chi connectivity index (χ3n) is 3.32. The highest BCUT2D eigenvalue weighted by atomic mass is 32.2. The number of esters is 1. The van der Waals surface area contributed by atoms with Gasteiger partial charge in [0.2, 0.25) is 0 Å². The van der Waals surface area contributed by atoms with Crippen molar-refractivity contribution in [2.75, 3.05) is 6.61 Å². The van der Waals surface area contributed by atoms with Gasteiger partial charge in [-0.1, -0.05) is 0 Å². The average molecular weight is 365 g/mol. The fourth-order valence-electron chi connectivity index (χ4n) is 2.34. The summed E-state index contributed by atoms with van der Waals surface area (Å²) in [6, 6.07) is 2.05. The van der Waals surface area contributed by atoms with E-state index in [1.807, 2.05) is 26.2 Å². The van der Waals surface area contributed by atoms with Crippen LogP contribution < -0.4 is 0 Å². The SMILES string of the molecule is CCOC(=O)c1sc2nc(Sc3nc(C)cs3)cc(C)c2c1C. The number of thiazole rings is 1. The average Bonchev–Trinajstić information content (AvgIpc) is 3.03. The fourth-order valence-corrected chi connectivity index (χ4v) is 5.41. The maximum atomic E-state index is 12.1. The molecule has 0 saturated heterocycles. The predicted molar refractivity (Wildman–Crippen MR) is 96.0 cm³/mol. The zero-order valence-corrected chi connectivity index (χ0v) is 15.7. The molecule has 0 aliphatic rings. The Bertz CT molecular complexity index is 883. The molecule has 0 amide bonds. The van der Waals surface area contributed by atoms with E-state index in [2.05, 4.69) is 18.0 Å². The van der Waals surface area contributed by atoms with Crippen LogP contribution in [0.1, 0.15) is 33.4 Å². The Balaban J connectivity index is 2.02. The smallest absolute Gasteiger partial charge is 0.348 e. The van der Waals surface area contributed by atoms with Crippen LogP contribution >= 0.6 is 34.4 Å². The lowest BCUT2D eigenvalue weighted by molar-refractivity contribution is 0.0531. The van der Waals surface area contributed by atoms with Gasteiger partial charge in [-0.25, -0.2) is 14.8 Å². The lowest BCUT2D eigenvalue weighted by Crippen LogP contribution is -2.03. The molecule has 4 nitrogen and oxygen atoms in total. The molecule has 3 rings (SSSR count). The summed E-state index contributed by atoms with van der Waals surface area (Å²) < 4.78 is 6.12. The van der Waals surface area contributed by atoms with Gasteiger partial charge in [-0.15, -0.1) is 22.7 Å². The monoisotopic (exact) mass is 364 g/mol. The van der Waals surface area contributed by atoms with Gasteiger partial charge < -0.3 is 4.74 Å². The Labute approximate surface area is 146 Å². The minimum atomic E-state index is -0.267. The van der Waals surface area contributed by atoms with Crippen LogP contribution in [0, 0.1) is 20.8 Å². The number of rotatable bonds is 4. The highest BCUT2D eigenvalue weighted by Crippen LogP contribution is 2.36. The third-order valence-corrected chi connectivity index (χ3v) is 6.47. The summed E-state index contributed by atoms with van der Waals surface area (Å²) in [5.74, 6) is -0.267. The summed E-state index contributed by atoms with van der Waals surface area (Å²) in [6.07, 6.45) is 0. The number of thiophene rings is 1. The number of hydrogen-bond donors (Lipinski definition) is 0. The standard InChI is InChI=1S/C16H16N2O2S3/c1-5-20-15(19)13-10(4)12-8(2)6-11(18-14(12)23-13)22-16-17-9(3)7-21-16/h6-7H,5H2,1-4H3. The molecule has 0 saturated carbocycles. The Morgan fingerprint density at radius 1 is 1.30 bits per heavy atom. The maximum absolute atomic E-state index is 12.1. The minimum Gasteiger partial charge on any atom is -0.462 e. The molecule has 3 aromatic heterocycles. The van der Waals surface area contributed by atoms with E-state index >= 15 is 0 Å². The van der Waals surface area contributed by atoms with Crippen LogP contribution in [-0.2, 0) is 4.74 Å². The summed E-state index contributed by atoms with van der Waals surface area (Å²) in [5, 5.41) is 3.99. The van der Waals surface area contributed by atoms with Crippen molar-refractivity contribution in [2.45, 2.75) is 37.1 Å². The normalized spacial score (nSPS) is 11.1. The number of fused-ring (bicyclic) bond motifs is 1. The van der Waals surface area contributed by atoms with Crippen molar-refractivity contribution in [1.29, 1.82) is 0 Å². The van der Waals surface area contributed by atoms with Crippen LogP contribution in [0.4, 0.5) is 0 Å². The molecule has 0 fully saturated rings. The molecule has 0 spiro atoms. The van der Waals surface area contributed by atoms with E-state index in [9.17, 15) is 4.79 Å². The van der Waals surface area contributed by atoms with Crippen molar-refractivity contribution < 1.29 is 9.53 Å². The van der Waals surface area contributed by atoms with E-state index < -0.39 is 0 Å². The second-order valence-corrected chi connectivity index (χ2v) is 8.22. The third kappa shape index (κ3) is 3.27. The summed E-state index contributed by atoms with van der Waals surface area (Å²) in [5.41, 5.74) is 3.09. The molecular formula is C16H16N2O2S3. The van der Waals surface area contributed by atoms with E-state index in [-0.39, 0.29) is 5.97 Å². The van der Waals surface area contributed by atoms with Gasteiger partial charge in [-0.05, 0) is 56.7 Å². The highest BCUT2D eigenvalue weighted by molar-refractivity contribution is 8.01. The largest absolute Gasteiger partial charge is 0.462 e. The van der Waals surface area contributed by atoms with Crippen LogP contribution in [0.2, 0.25) is 0 Å². The molecule has 0 aliphatic carbocycles. The second-order valence-electron chi connectivity index (χ2n) is 5.09. The van der Waals surface area contributed by atoms with Gasteiger partial charge in [-0.3, -0.25) is 0 Å². The molecular weight excluding hydrogens is 348 g/mol. The summed E-state index contributed by atoms with van der Waals surface area (Å²) in [7, 11) is 0. The number of pyridine rings is 1. The zero-order chi connectivity index (χ0) is 16.6. The molecule has 120 valence electrons. The topological polar surface area (TPSA) is 52.1 Å². The molecule has 0 radical (unpaired) electrons. The maximum Gasteiger partial charge on any atom is 0.348 e. The van der Waals surface area contributed by atoms with Crippen LogP contribution in [0.5, 0.6) is 0 Å². The number of aryl methyl sites for hydroxylation is 3. The molecule has 23 heavy (non-hydrogen) atoms. The van der Waals surface area contributed by atoms with Gasteiger partial charge in [-0.2, -0.15) is 0 Å². The molecule has 3 heterocycles. The zero-order valence-electron chi connectivity index (χ0n) is 13.3. The van der Waals surface area contributed by atoms with E-state index in [1.165, 1.54) is 11.3 Å². The first kappa shape index (κ1) is 16.4. The van der Waals surface area contributed by atoms with Crippen molar-refractivity contribution >= 4 is 50.6 Å². The minimum absolute atomic E-state index is 0.267. The van der Waals surface area contributed by atoms with Gasteiger partial charge in [0.25, 0.3) is 0 Å². The van der Waals surface area contributed by atoms with Crippen molar-refractivity contribution in [3.63, 3.8) is 0 Å². The summed E-state index contributed by atoms with van der Waals surface area (Å²) in [4.78, 5) is 22.8. The molecule has 7 heteroatoms. The first-order valence-corrected chi connectivity index (χ1v) is 9.68. The van der Waals surface area contributed by atoms with Crippen LogP contribution in [0.3, 0.4) is 0 Å². The first-order chi connectivity index (χ1) is 11.0. The van der Waals surface area contributed by atoms with Gasteiger partial charge in [0.1, 0.15) is 14.7 Å². The highest BCUT2D eigenvalue weighted by Gasteiger charge is 2.19. The van der Waals surface area contributed by atoms with E-state index in [0.29, 0.717) is 11.5 Å². The van der Waals surface area contributed by atoms with E-state index in [0.717, 1.165) is 36.4 Å². The number of ether oxygens (including phenoxy) is 1. The first-order valence-electron chi connectivity index (χ1n) is 7.17. The predicted octanol–water partition coefficient (Wildman–Crippen LogP) is 5.01. The summed E-state index contributed by atoms with van der Waals surface area (Å²) >= 11 is 4.57. The Hall–Kier alpha value is -1.44. The van der Waals surface area contributed by atoms with Gasteiger partial charge in [0, 0.05) is 16.5 Å². The van der Waals surface area contributed by atoms with Crippen molar-refractivity contribution in [2.24, 2.45) is 0 Å². The molecule has 0 N–H and O–H groups in total. The number of hydrogen-bond acceptors (Lipinski definition) is 7. The van der Waals surface area contributed by atoms with Crippen LogP contribution in [-0.4, -0.2) is 22.5 Å². The second kappa shape index (κ2) is 6.59. The van der Waals surface area contributed by atoms with E-state index in [1.54, 1.807) is 23.1 Å². The van der Waals surface area contributed by atoms with Crippen molar-refractivity contribution in [3.8, 4) is 0 Å². The van der Waals surface area contributed by atoms with Crippen LogP contribution in [0.15, 0.2) is 20.8 Å². The molecule has 0 aromatic carbocycles. The Morgan fingerprint density at radius 2 is 2.09 bits per heavy atom. The van der Waals surface area contributed by atoms with Crippen molar-refractivity contribution in [3.05, 3.63) is 33.1 Å². The van der Waals surface area contributed by atoms with E-state index in [4.69, 9.17) is 9.72 Å². The Kier molecular flexibility index (Phi) is 4.70. The van der Waals surface area contributed by atoms with Gasteiger partial charge in [0.05, 0.1) is 6.61 Å².